The van der Waals surface area contributed by atoms with Crippen molar-refractivity contribution in [2.75, 3.05) is 6.54 Å². The van der Waals surface area contributed by atoms with Crippen molar-refractivity contribution in [3.8, 4) is 0 Å². The highest BCUT2D eigenvalue weighted by Crippen LogP contribution is 2.03. The summed E-state index contributed by atoms with van der Waals surface area (Å²) in [7, 11) is 0. The Labute approximate surface area is 120 Å². The van der Waals surface area contributed by atoms with Crippen LogP contribution in [0.25, 0.3) is 0 Å². The lowest BCUT2D eigenvalue weighted by molar-refractivity contribution is -0.139. The molecule has 0 aromatic carbocycles. The number of nitrogens with one attached hydrogen (secondary N) is 4. The van der Waals surface area contributed by atoms with Crippen LogP contribution in [0.1, 0.15) is 18.5 Å². The van der Waals surface area contributed by atoms with Gasteiger partial charge in [0, 0.05) is 24.9 Å². The lowest BCUT2D eigenvalue weighted by atomic mass is 10.1. The third kappa shape index (κ3) is 4.20. The highest BCUT2D eigenvalue weighted by molar-refractivity contribution is 5.89. The highest BCUT2D eigenvalue weighted by Gasteiger charge is 2.26. The molecule has 114 valence electrons. The molecule has 1 unspecified atom stereocenters. The van der Waals surface area contributed by atoms with Crippen molar-refractivity contribution >= 4 is 17.9 Å². The number of carboxylic acid groups (broad SMARTS) is 1. The fourth-order valence-electron chi connectivity index (χ4n) is 2.08. The van der Waals surface area contributed by atoms with Crippen LogP contribution in [0, 0.1) is 0 Å². The van der Waals surface area contributed by atoms with E-state index < -0.39 is 24.1 Å². The summed E-state index contributed by atoms with van der Waals surface area (Å²) in [6.07, 6.45) is 4.31. The summed E-state index contributed by atoms with van der Waals surface area (Å²) in [5.74, 6) is -1.41. The van der Waals surface area contributed by atoms with Crippen molar-refractivity contribution < 1.29 is 19.5 Å². The molecule has 1 fully saturated rings. The number of nitrogens with zero attached hydrogens (tertiary/aromatic N) is 1. The molecule has 9 heteroatoms. The summed E-state index contributed by atoms with van der Waals surface area (Å²) in [5.41, 5.74) is 0.595. The first-order chi connectivity index (χ1) is 10.1. The summed E-state index contributed by atoms with van der Waals surface area (Å²) in [4.78, 5) is 41.1. The van der Waals surface area contributed by atoms with E-state index >= 15 is 0 Å². The van der Waals surface area contributed by atoms with Crippen molar-refractivity contribution in [1.29, 1.82) is 0 Å². The number of carbonyl (C=O) groups excluding carboxylic acids is 2. The number of urea groups is 1. The van der Waals surface area contributed by atoms with Crippen LogP contribution < -0.4 is 16.0 Å². The molecule has 0 saturated carbocycles. The minimum Gasteiger partial charge on any atom is -0.480 e. The van der Waals surface area contributed by atoms with E-state index in [2.05, 4.69) is 25.9 Å². The topological polar surface area (TPSA) is 136 Å². The van der Waals surface area contributed by atoms with Crippen molar-refractivity contribution in [3.05, 3.63) is 18.2 Å². The Kier molecular flexibility index (Phi) is 4.75. The van der Waals surface area contributed by atoms with Crippen molar-refractivity contribution in [2.24, 2.45) is 0 Å². The molecule has 1 aliphatic rings. The zero-order chi connectivity index (χ0) is 15.2. The zero-order valence-corrected chi connectivity index (χ0v) is 11.3. The first kappa shape index (κ1) is 14.8. The molecule has 21 heavy (non-hydrogen) atoms. The van der Waals surface area contributed by atoms with E-state index in [1.54, 1.807) is 0 Å². The van der Waals surface area contributed by atoms with Gasteiger partial charge < -0.3 is 26.0 Å². The minimum absolute atomic E-state index is 0.0830. The number of aliphatic carboxylic acids is 1. The standard InChI is InChI=1S/C12H17N5O4/c18-10-8(2-1-3-14-10)16-12(21)17-9(11(19)20)4-7-5-13-6-15-7/h5-6,8-9H,1-4H2,(H,13,15)(H,14,18)(H,19,20)(H2,16,17,21)/t8?,9-/m1/s1. The lowest BCUT2D eigenvalue weighted by Crippen LogP contribution is -2.55. The number of imidazole rings is 1. The van der Waals surface area contributed by atoms with Crippen LogP contribution in [-0.2, 0) is 16.0 Å². The van der Waals surface area contributed by atoms with E-state index in [0.717, 1.165) is 6.42 Å². The van der Waals surface area contributed by atoms with Gasteiger partial charge in [-0.3, -0.25) is 4.79 Å². The maximum Gasteiger partial charge on any atom is 0.326 e. The molecule has 2 atom stereocenters. The number of hydrogen-bond acceptors (Lipinski definition) is 4. The molecule has 9 nitrogen and oxygen atoms in total. The van der Waals surface area contributed by atoms with E-state index in [4.69, 9.17) is 5.11 Å². The summed E-state index contributed by atoms with van der Waals surface area (Å²) in [6.45, 7) is 0.593. The Morgan fingerprint density at radius 2 is 2.33 bits per heavy atom. The third-order valence-electron chi connectivity index (χ3n) is 3.17. The molecule has 1 aromatic heterocycles. The van der Waals surface area contributed by atoms with Crippen molar-refractivity contribution in [3.63, 3.8) is 0 Å². The summed E-state index contributed by atoms with van der Waals surface area (Å²) in [5, 5.41) is 16.6. The summed E-state index contributed by atoms with van der Waals surface area (Å²) in [6, 6.07) is -2.40. The van der Waals surface area contributed by atoms with Gasteiger partial charge in [-0.1, -0.05) is 0 Å². The van der Waals surface area contributed by atoms with Gasteiger partial charge in [0.1, 0.15) is 12.1 Å². The van der Waals surface area contributed by atoms with E-state index in [0.29, 0.717) is 18.7 Å². The second kappa shape index (κ2) is 6.73. The first-order valence-electron chi connectivity index (χ1n) is 6.61. The zero-order valence-electron chi connectivity index (χ0n) is 11.3. The van der Waals surface area contributed by atoms with Gasteiger partial charge in [0.2, 0.25) is 5.91 Å². The molecule has 5 N–H and O–H groups in total. The quantitative estimate of drug-likeness (QED) is 0.474. The maximum atomic E-state index is 11.8. The predicted octanol–water partition coefficient (Wildman–Crippen LogP) is -1.02. The van der Waals surface area contributed by atoms with E-state index in [1.165, 1.54) is 12.5 Å². The second-order valence-electron chi connectivity index (χ2n) is 4.78. The van der Waals surface area contributed by atoms with Crippen LogP contribution >= 0.6 is 0 Å². The molecule has 3 amide bonds. The van der Waals surface area contributed by atoms with E-state index in [1.807, 2.05) is 0 Å². The molecule has 2 heterocycles. The number of H-pyrrole nitrogens is 1. The molecule has 1 saturated heterocycles. The average Bonchev–Trinajstić information content (AvgIpc) is 2.93. The van der Waals surface area contributed by atoms with Gasteiger partial charge in [-0.25, -0.2) is 14.6 Å². The molecule has 0 spiro atoms. The van der Waals surface area contributed by atoms with Gasteiger partial charge in [-0.05, 0) is 12.8 Å². The van der Waals surface area contributed by atoms with Crippen molar-refractivity contribution in [2.45, 2.75) is 31.3 Å². The van der Waals surface area contributed by atoms with Crippen LogP contribution in [0.15, 0.2) is 12.5 Å². The highest BCUT2D eigenvalue weighted by atomic mass is 16.4. The van der Waals surface area contributed by atoms with Gasteiger partial charge in [-0.2, -0.15) is 0 Å². The summed E-state index contributed by atoms with van der Waals surface area (Å²) >= 11 is 0. The second-order valence-corrected chi connectivity index (χ2v) is 4.78. The SMILES string of the molecule is O=C(NC1CCCNC1=O)N[C@H](Cc1cnc[nH]1)C(=O)O. The Balaban J connectivity index is 1.88. The number of carboxylic acids is 1. The number of piperidine rings is 1. The van der Waals surface area contributed by atoms with Crippen LogP contribution in [0.4, 0.5) is 4.79 Å². The normalized spacial score (nSPS) is 19.4. The fraction of sp³-hybridized carbons (Fsp3) is 0.500. The number of aromatic nitrogens is 2. The number of rotatable bonds is 5. The fourth-order valence-corrected chi connectivity index (χ4v) is 2.08. The van der Waals surface area contributed by atoms with Crippen LogP contribution in [-0.4, -0.2) is 51.6 Å². The van der Waals surface area contributed by atoms with Gasteiger partial charge in [0.05, 0.1) is 6.33 Å². The van der Waals surface area contributed by atoms with E-state index in [-0.39, 0.29) is 12.3 Å². The maximum absolute atomic E-state index is 11.8. The number of amides is 3. The largest absolute Gasteiger partial charge is 0.480 e. The molecule has 2 rings (SSSR count). The Morgan fingerprint density at radius 1 is 1.52 bits per heavy atom. The van der Waals surface area contributed by atoms with Crippen LogP contribution in [0.3, 0.4) is 0 Å². The first-order valence-corrected chi connectivity index (χ1v) is 6.61. The smallest absolute Gasteiger partial charge is 0.326 e. The Hall–Kier alpha value is -2.58. The molecule has 1 aromatic rings. The number of hydrogen-bond donors (Lipinski definition) is 5. The molecular formula is C12H17N5O4. The minimum atomic E-state index is -1.16. The van der Waals surface area contributed by atoms with Crippen LogP contribution in [0.2, 0.25) is 0 Å². The predicted molar refractivity (Wildman–Crippen MR) is 71.4 cm³/mol. The summed E-state index contributed by atoms with van der Waals surface area (Å²) < 4.78 is 0. The molecule has 0 aliphatic carbocycles. The van der Waals surface area contributed by atoms with Crippen molar-refractivity contribution in [1.82, 2.24) is 25.9 Å². The van der Waals surface area contributed by atoms with Gasteiger partial charge in [0.15, 0.2) is 0 Å². The number of carbonyl (C=O) groups is 3. The monoisotopic (exact) mass is 295 g/mol. The Bertz CT molecular complexity index is 516. The van der Waals surface area contributed by atoms with E-state index in [9.17, 15) is 14.4 Å². The van der Waals surface area contributed by atoms with Gasteiger partial charge in [-0.15, -0.1) is 0 Å². The van der Waals surface area contributed by atoms with Gasteiger partial charge in [0.25, 0.3) is 0 Å². The molecular weight excluding hydrogens is 278 g/mol. The molecule has 1 aliphatic heterocycles. The average molecular weight is 295 g/mol. The van der Waals surface area contributed by atoms with Crippen LogP contribution in [0.5, 0.6) is 0 Å². The lowest BCUT2D eigenvalue weighted by Gasteiger charge is -2.23. The third-order valence-corrected chi connectivity index (χ3v) is 3.17. The molecule has 0 radical (unpaired) electrons. The van der Waals surface area contributed by atoms with Gasteiger partial charge >= 0.3 is 12.0 Å². The molecule has 0 bridgehead atoms. The number of aromatic amines is 1. The Morgan fingerprint density at radius 3 is 2.95 bits per heavy atom.